The van der Waals surface area contributed by atoms with Gasteiger partial charge in [-0.3, -0.25) is 4.90 Å². The number of nitrogens with two attached hydrogens (primary N) is 1. The summed E-state index contributed by atoms with van der Waals surface area (Å²) in [5, 5.41) is 0. The number of benzene rings is 1. The Kier molecular flexibility index (Phi) is 4.34. The summed E-state index contributed by atoms with van der Waals surface area (Å²) in [7, 11) is 2.22. The van der Waals surface area contributed by atoms with Crippen molar-refractivity contribution in [2.75, 3.05) is 26.7 Å². The predicted octanol–water partition coefficient (Wildman–Crippen LogP) is 2.85. The highest BCUT2D eigenvalue weighted by atomic mass is 16.5. The van der Waals surface area contributed by atoms with Crippen molar-refractivity contribution in [1.29, 1.82) is 0 Å². The molecule has 3 atom stereocenters. The van der Waals surface area contributed by atoms with Crippen molar-refractivity contribution in [2.24, 2.45) is 5.73 Å². The van der Waals surface area contributed by atoms with Gasteiger partial charge in [-0.05, 0) is 49.8 Å². The van der Waals surface area contributed by atoms with Crippen LogP contribution < -0.4 is 5.73 Å². The number of rotatable bonds is 4. The summed E-state index contributed by atoms with van der Waals surface area (Å²) in [4.78, 5) is 2.47. The molecule has 21 heavy (non-hydrogen) atoms. The molecule has 0 amide bonds. The van der Waals surface area contributed by atoms with Gasteiger partial charge in [-0.25, -0.2) is 0 Å². The van der Waals surface area contributed by atoms with Crippen molar-refractivity contribution >= 4 is 0 Å². The van der Waals surface area contributed by atoms with E-state index in [0.29, 0.717) is 18.6 Å². The molecule has 1 aromatic rings. The third kappa shape index (κ3) is 2.63. The molecule has 1 aromatic carbocycles. The highest BCUT2D eigenvalue weighted by Gasteiger charge is 2.41. The summed E-state index contributed by atoms with van der Waals surface area (Å²) >= 11 is 0. The molecular weight excluding hydrogens is 260 g/mol. The summed E-state index contributed by atoms with van der Waals surface area (Å²) in [6.07, 6.45) is 5.12. The van der Waals surface area contributed by atoms with Crippen molar-refractivity contribution in [3.8, 4) is 0 Å². The number of hydrogen-bond donors (Lipinski definition) is 1. The van der Waals surface area contributed by atoms with Crippen molar-refractivity contribution in [3.63, 3.8) is 0 Å². The van der Waals surface area contributed by atoms with Crippen LogP contribution in [0.1, 0.15) is 49.7 Å². The first-order valence-corrected chi connectivity index (χ1v) is 8.29. The molecule has 3 nitrogen and oxygen atoms in total. The Labute approximate surface area is 128 Å². The molecule has 2 aliphatic rings. The monoisotopic (exact) mass is 288 g/mol. The Morgan fingerprint density at radius 3 is 2.86 bits per heavy atom. The van der Waals surface area contributed by atoms with Crippen LogP contribution in [0.25, 0.3) is 0 Å². The predicted molar refractivity (Wildman–Crippen MR) is 86.4 cm³/mol. The normalized spacial score (nSPS) is 32.4. The van der Waals surface area contributed by atoms with Crippen molar-refractivity contribution in [2.45, 2.75) is 50.2 Å². The molecule has 0 radical (unpaired) electrons. The van der Waals surface area contributed by atoms with Gasteiger partial charge in [-0.1, -0.05) is 31.2 Å². The Hall–Kier alpha value is -0.900. The first kappa shape index (κ1) is 15.0. The fourth-order valence-electron chi connectivity index (χ4n) is 4.13. The largest absolute Gasteiger partial charge is 0.377 e. The van der Waals surface area contributed by atoms with E-state index in [1.807, 2.05) is 0 Å². The highest BCUT2D eigenvalue weighted by molar-refractivity contribution is 5.39. The lowest BCUT2D eigenvalue weighted by Crippen LogP contribution is -2.53. The van der Waals surface area contributed by atoms with Crippen molar-refractivity contribution in [1.82, 2.24) is 4.90 Å². The second-order valence-corrected chi connectivity index (χ2v) is 6.78. The molecule has 1 fully saturated rings. The molecule has 1 heterocycles. The van der Waals surface area contributed by atoms with Crippen LogP contribution in [0.5, 0.6) is 0 Å². The maximum absolute atomic E-state index is 6.29. The SMILES string of the molecule is CC1CCC(CN)(N(C)CC2CCCO2)c2ccccc21. The molecule has 0 saturated carbocycles. The average Bonchev–Trinajstić information content (AvgIpc) is 3.01. The zero-order valence-electron chi connectivity index (χ0n) is 13.3. The zero-order valence-corrected chi connectivity index (χ0v) is 13.3. The van der Waals surface area contributed by atoms with Gasteiger partial charge in [0.1, 0.15) is 0 Å². The molecule has 0 aromatic heterocycles. The maximum atomic E-state index is 6.29. The van der Waals surface area contributed by atoms with Crippen molar-refractivity contribution < 1.29 is 4.74 Å². The maximum Gasteiger partial charge on any atom is 0.0703 e. The average molecular weight is 288 g/mol. The Bertz CT molecular complexity index is 484. The van der Waals surface area contributed by atoms with Gasteiger partial charge in [0.2, 0.25) is 0 Å². The van der Waals surface area contributed by atoms with Gasteiger partial charge < -0.3 is 10.5 Å². The van der Waals surface area contributed by atoms with Crippen LogP contribution >= 0.6 is 0 Å². The third-order valence-corrected chi connectivity index (χ3v) is 5.55. The van der Waals surface area contributed by atoms with Crippen LogP contribution in [-0.2, 0) is 10.3 Å². The van der Waals surface area contributed by atoms with Gasteiger partial charge in [0.25, 0.3) is 0 Å². The molecular formula is C18H28N2O. The van der Waals surface area contributed by atoms with E-state index < -0.39 is 0 Å². The standard InChI is InChI=1S/C18H28N2O/c1-14-9-10-18(13-19,17-8-4-3-7-16(14)17)20(2)12-15-6-5-11-21-15/h3-4,7-8,14-15H,5-6,9-13,19H2,1-2H3. The molecule has 1 aliphatic carbocycles. The smallest absolute Gasteiger partial charge is 0.0703 e. The summed E-state index contributed by atoms with van der Waals surface area (Å²) in [6.45, 7) is 4.92. The Morgan fingerprint density at radius 1 is 1.33 bits per heavy atom. The van der Waals surface area contributed by atoms with E-state index in [1.54, 1.807) is 0 Å². The first-order valence-electron chi connectivity index (χ1n) is 8.29. The fourth-order valence-corrected chi connectivity index (χ4v) is 4.13. The lowest BCUT2D eigenvalue weighted by atomic mass is 9.71. The second-order valence-electron chi connectivity index (χ2n) is 6.78. The van der Waals surface area contributed by atoms with Crippen LogP contribution in [0.15, 0.2) is 24.3 Å². The number of nitrogens with zero attached hydrogens (tertiary/aromatic N) is 1. The van der Waals surface area contributed by atoms with Crippen LogP contribution in [-0.4, -0.2) is 37.7 Å². The Morgan fingerprint density at radius 2 is 2.14 bits per heavy atom. The first-order chi connectivity index (χ1) is 10.2. The van der Waals surface area contributed by atoms with E-state index >= 15 is 0 Å². The lowest BCUT2D eigenvalue weighted by molar-refractivity contribution is 0.0264. The van der Waals surface area contributed by atoms with Gasteiger partial charge in [0.15, 0.2) is 0 Å². The quantitative estimate of drug-likeness (QED) is 0.926. The molecule has 3 unspecified atom stereocenters. The Balaban J connectivity index is 1.90. The van der Waals surface area contributed by atoms with Crippen LogP contribution in [0.3, 0.4) is 0 Å². The lowest BCUT2D eigenvalue weighted by Gasteiger charge is -2.47. The summed E-state index contributed by atoms with van der Waals surface area (Å²) in [5.41, 5.74) is 9.19. The summed E-state index contributed by atoms with van der Waals surface area (Å²) in [6, 6.07) is 8.87. The van der Waals surface area contributed by atoms with E-state index in [0.717, 1.165) is 19.6 Å². The molecule has 3 rings (SSSR count). The minimum absolute atomic E-state index is 0.0188. The highest BCUT2D eigenvalue weighted by Crippen LogP contribution is 2.44. The molecule has 0 spiro atoms. The fraction of sp³-hybridized carbons (Fsp3) is 0.667. The molecule has 1 saturated heterocycles. The van der Waals surface area contributed by atoms with Gasteiger partial charge in [-0.15, -0.1) is 0 Å². The van der Waals surface area contributed by atoms with Gasteiger partial charge in [0.05, 0.1) is 11.6 Å². The van der Waals surface area contributed by atoms with E-state index in [4.69, 9.17) is 10.5 Å². The van der Waals surface area contributed by atoms with E-state index in [2.05, 4.69) is 43.1 Å². The summed E-state index contributed by atoms with van der Waals surface area (Å²) in [5.74, 6) is 0.636. The number of likely N-dealkylation sites (N-methyl/N-ethyl adjacent to an activating group) is 1. The molecule has 2 N–H and O–H groups in total. The van der Waals surface area contributed by atoms with Gasteiger partial charge in [-0.2, -0.15) is 0 Å². The summed E-state index contributed by atoms with van der Waals surface area (Å²) < 4.78 is 5.83. The molecule has 3 heteroatoms. The molecule has 116 valence electrons. The topological polar surface area (TPSA) is 38.5 Å². The van der Waals surface area contributed by atoms with E-state index in [-0.39, 0.29) is 5.54 Å². The van der Waals surface area contributed by atoms with E-state index in [9.17, 15) is 0 Å². The number of hydrogen-bond acceptors (Lipinski definition) is 3. The zero-order chi connectivity index (χ0) is 14.9. The van der Waals surface area contributed by atoms with Crippen molar-refractivity contribution in [3.05, 3.63) is 35.4 Å². The van der Waals surface area contributed by atoms with Crippen LogP contribution in [0.2, 0.25) is 0 Å². The van der Waals surface area contributed by atoms with Crippen LogP contribution in [0.4, 0.5) is 0 Å². The minimum Gasteiger partial charge on any atom is -0.377 e. The molecule has 0 bridgehead atoms. The van der Waals surface area contributed by atoms with Crippen LogP contribution in [0, 0.1) is 0 Å². The number of fused-ring (bicyclic) bond motifs is 1. The molecule has 1 aliphatic heterocycles. The van der Waals surface area contributed by atoms with Gasteiger partial charge in [0, 0.05) is 19.7 Å². The van der Waals surface area contributed by atoms with E-state index in [1.165, 1.54) is 30.4 Å². The second kappa shape index (κ2) is 6.07. The van der Waals surface area contributed by atoms with Gasteiger partial charge >= 0.3 is 0 Å². The third-order valence-electron chi connectivity index (χ3n) is 5.55. The number of ether oxygens (including phenoxy) is 1. The minimum atomic E-state index is -0.0188.